The molecule has 1 aliphatic rings. The van der Waals surface area contributed by atoms with Crippen molar-refractivity contribution in [1.29, 1.82) is 0 Å². The van der Waals surface area contributed by atoms with Gasteiger partial charge in [-0.25, -0.2) is 14.6 Å². The molecular formula is C29H19BrN2O6S. The van der Waals surface area contributed by atoms with Gasteiger partial charge in [0.1, 0.15) is 10.5 Å². The Kier molecular flexibility index (Phi) is 7.14. The van der Waals surface area contributed by atoms with Crippen molar-refractivity contribution < 1.29 is 27.0 Å². The lowest BCUT2D eigenvalue weighted by atomic mass is 10.0. The SMILES string of the molecule is O=C1C(=Cc2ccc(OS(=O)(=O)c3ccccc3)c(Br)c2)C(=O)N(c2ccccc2)C(=O)N1c1ccccc1. The van der Waals surface area contributed by atoms with E-state index in [1.54, 1.807) is 78.9 Å². The minimum atomic E-state index is -4.08. The van der Waals surface area contributed by atoms with Gasteiger partial charge in [0, 0.05) is 0 Å². The molecule has 194 valence electrons. The van der Waals surface area contributed by atoms with Gasteiger partial charge in [-0.2, -0.15) is 8.42 Å². The summed E-state index contributed by atoms with van der Waals surface area (Å²) in [5, 5.41) is 0. The number of imide groups is 2. The van der Waals surface area contributed by atoms with Crippen molar-refractivity contribution in [2.75, 3.05) is 9.80 Å². The Bertz CT molecular complexity index is 1650. The number of rotatable bonds is 6. The van der Waals surface area contributed by atoms with E-state index in [4.69, 9.17) is 4.18 Å². The van der Waals surface area contributed by atoms with E-state index in [0.717, 1.165) is 9.80 Å². The normalized spacial score (nSPS) is 14.0. The molecular weight excluding hydrogens is 584 g/mol. The number of benzene rings is 4. The van der Waals surface area contributed by atoms with Gasteiger partial charge in [-0.1, -0.05) is 60.7 Å². The first-order chi connectivity index (χ1) is 18.8. The van der Waals surface area contributed by atoms with Gasteiger partial charge in [-0.3, -0.25) is 9.59 Å². The first kappa shape index (κ1) is 26.1. The molecule has 0 radical (unpaired) electrons. The number of hydrogen-bond acceptors (Lipinski definition) is 6. The molecule has 4 aromatic carbocycles. The molecule has 0 bridgehead atoms. The van der Waals surface area contributed by atoms with Crippen molar-refractivity contribution in [3.05, 3.63) is 125 Å². The first-order valence-corrected chi connectivity index (χ1v) is 13.8. The predicted octanol–water partition coefficient (Wildman–Crippen LogP) is 5.80. The summed E-state index contributed by atoms with van der Waals surface area (Å²) in [5.41, 5.74) is 0.768. The molecule has 8 nitrogen and oxygen atoms in total. The van der Waals surface area contributed by atoms with Crippen LogP contribution < -0.4 is 14.0 Å². The highest BCUT2D eigenvalue weighted by Crippen LogP contribution is 2.32. The van der Waals surface area contributed by atoms with E-state index in [0.29, 0.717) is 16.9 Å². The number of anilines is 2. The summed E-state index contributed by atoms with van der Waals surface area (Å²) in [6.45, 7) is 0. The minimum absolute atomic E-state index is 0.00633. The number of urea groups is 1. The van der Waals surface area contributed by atoms with Crippen LogP contribution >= 0.6 is 15.9 Å². The second-order valence-electron chi connectivity index (χ2n) is 8.33. The Balaban J connectivity index is 1.53. The van der Waals surface area contributed by atoms with Gasteiger partial charge in [0.2, 0.25) is 0 Å². The van der Waals surface area contributed by atoms with Crippen LogP contribution in [0.15, 0.2) is 124 Å². The molecule has 39 heavy (non-hydrogen) atoms. The van der Waals surface area contributed by atoms with Crippen LogP contribution in [0.3, 0.4) is 0 Å². The van der Waals surface area contributed by atoms with Gasteiger partial charge < -0.3 is 4.18 Å². The van der Waals surface area contributed by atoms with E-state index in [-0.39, 0.29) is 20.7 Å². The number of barbiturate groups is 1. The summed E-state index contributed by atoms with van der Waals surface area (Å²) in [6.07, 6.45) is 1.35. The van der Waals surface area contributed by atoms with E-state index >= 15 is 0 Å². The van der Waals surface area contributed by atoms with Crippen LogP contribution in [0.4, 0.5) is 16.2 Å². The van der Waals surface area contributed by atoms with Gasteiger partial charge in [-0.15, -0.1) is 0 Å². The second kappa shape index (κ2) is 10.7. The summed E-state index contributed by atoms with van der Waals surface area (Å²) in [5.74, 6) is -1.55. The molecule has 4 aromatic rings. The van der Waals surface area contributed by atoms with Crippen molar-refractivity contribution in [3.63, 3.8) is 0 Å². The van der Waals surface area contributed by atoms with Gasteiger partial charge in [0.25, 0.3) is 11.8 Å². The number of nitrogens with zero attached hydrogens (tertiary/aromatic N) is 2. The highest BCUT2D eigenvalue weighted by Gasteiger charge is 2.43. The molecule has 0 aliphatic carbocycles. The maximum absolute atomic E-state index is 13.5. The van der Waals surface area contributed by atoms with E-state index in [1.807, 2.05) is 0 Å². The lowest BCUT2D eigenvalue weighted by molar-refractivity contribution is -0.121. The van der Waals surface area contributed by atoms with Gasteiger partial charge in [0.05, 0.1) is 15.8 Å². The Hall–Kier alpha value is -4.54. The molecule has 0 atom stereocenters. The predicted molar refractivity (Wildman–Crippen MR) is 150 cm³/mol. The maximum Gasteiger partial charge on any atom is 0.343 e. The van der Waals surface area contributed by atoms with Crippen LogP contribution in [0.5, 0.6) is 5.75 Å². The van der Waals surface area contributed by atoms with Crippen LogP contribution in [0, 0.1) is 0 Å². The Labute approximate surface area is 233 Å². The average molecular weight is 603 g/mol. The van der Waals surface area contributed by atoms with Crippen molar-refractivity contribution in [2.24, 2.45) is 0 Å². The largest absolute Gasteiger partial charge is 0.378 e. The number of carbonyl (C=O) groups is 3. The fraction of sp³-hybridized carbons (Fsp3) is 0. The van der Waals surface area contributed by atoms with Crippen molar-refractivity contribution >= 4 is 61.3 Å². The Morgan fingerprint density at radius 1 is 0.667 bits per heavy atom. The van der Waals surface area contributed by atoms with Crippen LogP contribution in [-0.2, 0) is 19.7 Å². The third-order valence-corrected chi connectivity index (χ3v) is 7.64. The highest BCUT2D eigenvalue weighted by molar-refractivity contribution is 9.10. The van der Waals surface area contributed by atoms with E-state index in [1.165, 1.54) is 36.4 Å². The molecule has 4 amide bonds. The molecule has 1 heterocycles. The fourth-order valence-electron chi connectivity index (χ4n) is 3.93. The molecule has 0 unspecified atom stereocenters. The van der Waals surface area contributed by atoms with Gasteiger partial charge in [0.15, 0.2) is 5.75 Å². The summed E-state index contributed by atoms with van der Waals surface area (Å²) in [4.78, 5) is 42.3. The molecule has 5 rings (SSSR count). The Morgan fingerprint density at radius 3 is 1.64 bits per heavy atom. The molecule has 10 heteroatoms. The van der Waals surface area contributed by atoms with Crippen LogP contribution in [0.25, 0.3) is 6.08 Å². The third kappa shape index (κ3) is 5.25. The number of amides is 4. The van der Waals surface area contributed by atoms with E-state index in [2.05, 4.69) is 15.9 Å². The van der Waals surface area contributed by atoms with Crippen LogP contribution in [0.1, 0.15) is 5.56 Å². The highest BCUT2D eigenvalue weighted by atomic mass is 79.9. The standard InChI is InChI=1S/C29H19BrN2O6S/c30-25-19-20(16-17-26(25)38-39(36,37)23-14-8-3-9-15-23)18-24-27(33)31(21-10-4-1-5-11-21)29(35)32(28(24)34)22-12-6-2-7-13-22/h1-19H. The smallest absolute Gasteiger partial charge is 0.343 e. The van der Waals surface area contributed by atoms with Crippen LogP contribution in [0.2, 0.25) is 0 Å². The first-order valence-electron chi connectivity index (χ1n) is 11.6. The number of carbonyl (C=O) groups excluding carboxylic acids is 3. The summed E-state index contributed by atoms with van der Waals surface area (Å²) in [7, 11) is -4.08. The zero-order chi connectivity index (χ0) is 27.6. The fourth-order valence-corrected chi connectivity index (χ4v) is 5.49. The molecule has 1 fully saturated rings. The minimum Gasteiger partial charge on any atom is -0.378 e. The molecule has 0 saturated carbocycles. The van der Waals surface area contributed by atoms with Gasteiger partial charge >= 0.3 is 16.1 Å². The second-order valence-corrected chi connectivity index (χ2v) is 10.7. The van der Waals surface area contributed by atoms with E-state index in [9.17, 15) is 22.8 Å². The maximum atomic E-state index is 13.5. The van der Waals surface area contributed by atoms with Gasteiger partial charge in [-0.05, 0) is 76.1 Å². The number of para-hydroxylation sites is 2. The average Bonchev–Trinajstić information content (AvgIpc) is 2.94. The third-order valence-electron chi connectivity index (χ3n) is 5.78. The van der Waals surface area contributed by atoms with E-state index < -0.39 is 28.0 Å². The molecule has 0 N–H and O–H groups in total. The molecule has 0 spiro atoms. The van der Waals surface area contributed by atoms with Crippen molar-refractivity contribution in [3.8, 4) is 5.75 Å². The van der Waals surface area contributed by atoms with Crippen molar-refractivity contribution in [2.45, 2.75) is 4.90 Å². The summed E-state index contributed by atoms with van der Waals surface area (Å²) < 4.78 is 30.8. The molecule has 1 aliphatic heterocycles. The lowest BCUT2D eigenvalue weighted by Crippen LogP contribution is -2.57. The lowest BCUT2D eigenvalue weighted by Gasteiger charge is -2.33. The van der Waals surface area contributed by atoms with Crippen molar-refractivity contribution in [1.82, 2.24) is 0 Å². The topological polar surface area (TPSA) is 101 Å². The summed E-state index contributed by atoms with van der Waals surface area (Å²) >= 11 is 3.31. The monoisotopic (exact) mass is 602 g/mol. The quantitative estimate of drug-likeness (QED) is 0.157. The number of hydrogen-bond donors (Lipinski definition) is 0. The summed E-state index contributed by atoms with van der Waals surface area (Å²) in [6, 6.07) is 27.9. The molecule has 0 aromatic heterocycles. The zero-order valence-corrected chi connectivity index (χ0v) is 22.5. The zero-order valence-electron chi connectivity index (χ0n) is 20.1. The Morgan fingerprint density at radius 2 is 1.15 bits per heavy atom. The molecule has 1 saturated heterocycles. The number of halogens is 1. The van der Waals surface area contributed by atoms with Crippen LogP contribution in [-0.4, -0.2) is 26.3 Å².